The van der Waals surface area contributed by atoms with E-state index in [2.05, 4.69) is 0 Å². The number of halogens is 1. The van der Waals surface area contributed by atoms with E-state index in [1.165, 1.54) is 18.2 Å². The van der Waals surface area contributed by atoms with E-state index in [-0.39, 0.29) is 17.6 Å². The summed E-state index contributed by atoms with van der Waals surface area (Å²) in [4.78, 5) is 13.5. The van der Waals surface area contributed by atoms with Crippen molar-refractivity contribution in [3.63, 3.8) is 0 Å². The van der Waals surface area contributed by atoms with Gasteiger partial charge in [0.2, 0.25) is 0 Å². The highest BCUT2D eigenvalue weighted by molar-refractivity contribution is 5.95. The van der Waals surface area contributed by atoms with Crippen molar-refractivity contribution in [2.24, 2.45) is 0 Å². The monoisotopic (exact) mass is 224 g/mol. The summed E-state index contributed by atoms with van der Waals surface area (Å²) in [5.41, 5.74) is 6.05. The Morgan fingerprint density at radius 3 is 2.62 bits per heavy atom. The summed E-state index contributed by atoms with van der Waals surface area (Å²) >= 11 is 0. The van der Waals surface area contributed by atoms with Gasteiger partial charge in [-0.15, -0.1) is 0 Å². The number of carbonyl (C=O) groups is 1. The van der Waals surface area contributed by atoms with Crippen LogP contribution in [0.5, 0.6) is 0 Å². The van der Waals surface area contributed by atoms with Gasteiger partial charge >= 0.3 is 0 Å². The van der Waals surface area contributed by atoms with Crippen LogP contribution in [-0.4, -0.2) is 23.9 Å². The molecule has 0 aliphatic rings. The minimum absolute atomic E-state index is 0.122. The quantitative estimate of drug-likeness (QED) is 0.801. The molecule has 1 amide bonds. The van der Waals surface area contributed by atoms with Gasteiger partial charge in [-0.25, -0.2) is 4.39 Å². The van der Waals surface area contributed by atoms with Gasteiger partial charge in [-0.1, -0.05) is 6.92 Å². The van der Waals surface area contributed by atoms with Crippen LogP contribution in [0.25, 0.3) is 0 Å². The number of hydrogen-bond acceptors (Lipinski definition) is 2. The topological polar surface area (TPSA) is 46.3 Å². The van der Waals surface area contributed by atoms with Crippen molar-refractivity contribution in [1.29, 1.82) is 0 Å². The Balaban J connectivity index is 2.96. The van der Waals surface area contributed by atoms with Crippen LogP contribution in [0.1, 0.15) is 30.6 Å². The van der Waals surface area contributed by atoms with Crippen LogP contribution in [0, 0.1) is 5.82 Å². The van der Waals surface area contributed by atoms with E-state index in [0.717, 1.165) is 6.42 Å². The molecule has 2 N–H and O–H groups in total. The number of nitrogens with zero attached hydrogens (tertiary/aromatic N) is 1. The van der Waals surface area contributed by atoms with Crippen LogP contribution in [0.3, 0.4) is 0 Å². The van der Waals surface area contributed by atoms with Crippen LogP contribution in [0.15, 0.2) is 18.2 Å². The molecular weight excluding hydrogens is 207 g/mol. The van der Waals surface area contributed by atoms with E-state index < -0.39 is 5.82 Å². The number of amides is 1. The average Bonchev–Trinajstić information content (AvgIpc) is 2.24. The summed E-state index contributed by atoms with van der Waals surface area (Å²) in [6.07, 6.45) is 0.854. The molecule has 3 nitrogen and oxygen atoms in total. The van der Waals surface area contributed by atoms with Gasteiger partial charge in [0, 0.05) is 24.3 Å². The highest BCUT2D eigenvalue weighted by Crippen LogP contribution is 2.14. The third-order valence-corrected chi connectivity index (χ3v) is 2.74. The zero-order chi connectivity index (χ0) is 12.3. The van der Waals surface area contributed by atoms with Crippen LogP contribution in [0.4, 0.5) is 10.1 Å². The first-order valence-corrected chi connectivity index (χ1v) is 5.29. The molecule has 0 aliphatic heterocycles. The molecule has 0 bridgehead atoms. The number of carbonyl (C=O) groups excluding carboxylic acids is 1. The molecular formula is C12H17FN2O. The molecule has 1 aromatic rings. The molecule has 1 rings (SSSR count). The maximum atomic E-state index is 13.1. The smallest absolute Gasteiger partial charge is 0.254 e. The Morgan fingerprint density at radius 1 is 1.50 bits per heavy atom. The van der Waals surface area contributed by atoms with Crippen LogP contribution in [0.2, 0.25) is 0 Å². The van der Waals surface area contributed by atoms with Crippen LogP contribution in [-0.2, 0) is 0 Å². The van der Waals surface area contributed by atoms with Gasteiger partial charge in [0.25, 0.3) is 5.91 Å². The lowest BCUT2D eigenvalue weighted by atomic mass is 10.1. The van der Waals surface area contributed by atoms with Gasteiger partial charge in [-0.3, -0.25) is 4.79 Å². The number of anilines is 1. The third kappa shape index (κ3) is 2.72. The van der Waals surface area contributed by atoms with Crippen LogP contribution >= 0.6 is 0 Å². The van der Waals surface area contributed by atoms with Crippen molar-refractivity contribution in [1.82, 2.24) is 4.90 Å². The normalized spacial score (nSPS) is 12.2. The fraction of sp³-hybridized carbons (Fsp3) is 0.417. The standard InChI is InChI=1S/C12H17FN2O/c1-4-8(2)15(3)12(16)9-5-10(13)7-11(14)6-9/h5-8H,4,14H2,1-3H3. The molecule has 16 heavy (non-hydrogen) atoms. The first kappa shape index (κ1) is 12.5. The van der Waals surface area contributed by atoms with Crippen molar-refractivity contribution in [3.8, 4) is 0 Å². The minimum atomic E-state index is -0.485. The van der Waals surface area contributed by atoms with Crippen molar-refractivity contribution >= 4 is 11.6 Å². The fourth-order valence-electron chi connectivity index (χ4n) is 1.41. The predicted molar refractivity (Wildman–Crippen MR) is 62.7 cm³/mol. The minimum Gasteiger partial charge on any atom is -0.399 e. The molecule has 0 heterocycles. The first-order chi connectivity index (χ1) is 7.45. The molecule has 0 fully saturated rings. The fourth-order valence-corrected chi connectivity index (χ4v) is 1.41. The van der Waals surface area contributed by atoms with Gasteiger partial charge in [0.1, 0.15) is 5.82 Å². The van der Waals surface area contributed by atoms with Crippen molar-refractivity contribution in [3.05, 3.63) is 29.6 Å². The second-order valence-corrected chi connectivity index (χ2v) is 3.95. The van der Waals surface area contributed by atoms with Gasteiger partial charge in [0.15, 0.2) is 0 Å². The maximum Gasteiger partial charge on any atom is 0.254 e. The van der Waals surface area contributed by atoms with Crippen molar-refractivity contribution in [2.45, 2.75) is 26.3 Å². The number of nitrogen functional groups attached to an aromatic ring is 1. The number of nitrogens with two attached hydrogens (primary N) is 1. The Bertz CT molecular complexity index is 372. The number of rotatable bonds is 3. The first-order valence-electron chi connectivity index (χ1n) is 5.29. The summed E-state index contributed by atoms with van der Waals surface area (Å²) in [5, 5.41) is 0. The molecule has 0 aromatic heterocycles. The molecule has 1 atom stereocenters. The van der Waals surface area contributed by atoms with E-state index in [0.29, 0.717) is 5.56 Å². The van der Waals surface area contributed by atoms with Crippen LogP contribution < -0.4 is 5.73 Å². The van der Waals surface area contributed by atoms with E-state index in [1.807, 2.05) is 13.8 Å². The Kier molecular flexibility index (Phi) is 3.88. The molecule has 1 unspecified atom stereocenters. The van der Waals surface area contributed by atoms with E-state index >= 15 is 0 Å². The molecule has 0 saturated carbocycles. The third-order valence-electron chi connectivity index (χ3n) is 2.74. The lowest BCUT2D eigenvalue weighted by Gasteiger charge is -2.24. The maximum absolute atomic E-state index is 13.1. The molecule has 88 valence electrons. The van der Waals surface area contributed by atoms with Crippen molar-refractivity contribution < 1.29 is 9.18 Å². The van der Waals surface area contributed by atoms with Gasteiger partial charge < -0.3 is 10.6 Å². The summed E-state index contributed by atoms with van der Waals surface area (Å²) in [5.74, 6) is -0.693. The molecule has 0 saturated heterocycles. The molecule has 0 spiro atoms. The summed E-state index contributed by atoms with van der Waals surface area (Å²) in [7, 11) is 1.71. The highest BCUT2D eigenvalue weighted by Gasteiger charge is 2.16. The van der Waals surface area contributed by atoms with Gasteiger partial charge in [-0.05, 0) is 31.5 Å². The molecule has 1 aromatic carbocycles. The Hall–Kier alpha value is -1.58. The zero-order valence-electron chi connectivity index (χ0n) is 9.83. The van der Waals surface area contributed by atoms with E-state index in [9.17, 15) is 9.18 Å². The van der Waals surface area contributed by atoms with Gasteiger partial charge in [-0.2, -0.15) is 0 Å². The highest BCUT2D eigenvalue weighted by atomic mass is 19.1. The second kappa shape index (κ2) is 4.96. The Morgan fingerprint density at radius 2 is 2.12 bits per heavy atom. The summed E-state index contributed by atoms with van der Waals surface area (Å²) in [6, 6.07) is 4.01. The summed E-state index contributed by atoms with van der Waals surface area (Å²) in [6.45, 7) is 3.94. The van der Waals surface area contributed by atoms with Crippen molar-refractivity contribution in [2.75, 3.05) is 12.8 Å². The Labute approximate surface area is 95.0 Å². The second-order valence-electron chi connectivity index (χ2n) is 3.95. The number of benzene rings is 1. The zero-order valence-corrected chi connectivity index (χ0v) is 9.83. The van der Waals surface area contributed by atoms with Gasteiger partial charge in [0.05, 0.1) is 0 Å². The molecule has 0 aliphatic carbocycles. The molecule has 0 radical (unpaired) electrons. The summed E-state index contributed by atoms with van der Waals surface area (Å²) < 4.78 is 13.1. The lowest BCUT2D eigenvalue weighted by Crippen LogP contribution is -2.34. The SMILES string of the molecule is CCC(C)N(C)C(=O)c1cc(N)cc(F)c1. The number of hydrogen-bond donors (Lipinski definition) is 1. The molecule has 4 heteroatoms. The van der Waals surface area contributed by atoms with E-state index in [1.54, 1.807) is 11.9 Å². The predicted octanol–water partition coefficient (Wildman–Crippen LogP) is 2.28. The largest absolute Gasteiger partial charge is 0.399 e. The average molecular weight is 224 g/mol. The lowest BCUT2D eigenvalue weighted by molar-refractivity contribution is 0.0740. The van der Waals surface area contributed by atoms with E-state index in [4.69, 9.17) is 5.73 Å².